The molecule has 0 aromatic carbocycles. The van der Waals surface area contributed by atoms with E-state index in [9.17, 15) is 0 Å². The van der Waals surface area contributed by atoms with Crippen LogP contribution in [0.2, 0.25) is 0 Å². The summed E-state index contributed by atoms with van der Waals surface area (Å²) in [6.07, 6.45) is 2.12. The number of hydrogen-bond donors (Lipinski definition) is 1. The minimum Gasteiger partial charge on any atom is -0.383 e. The third-order valence-electron chi connectivity index (χ3n) is 3.75. The minimum atomic E-state index is 0.242. The van der Waals surface area contributed by atoms with Gasteiger partial charge in [-0.05, 0) is 20.8 Å². The van der Waals surface area contributed by atoms with Crippen molar-refractivity contribution in [2.45, 2.75) is 32.9 Å². The van der Waals surface area contributed by atoms with E-state index in [1.165, 1.54) is 0 Å². The van der Waals surface area contributed by atoms with Crippen LogP contribution in [0.25, 0.3) is 0 Å². The van der Waals surface area contributed by atoms with Crippen LogP contribution >= 0.6 is 0 Å². The summed E-state index contributed by atoms with van der Waals surface area (Å²) in [4.78, 5) is 7.05. The summed E-state index contributed by atoms with van der Waals surface area (Å²) in [5.41, 5.74) is 1.04. The molecule has 1 aromatic rings. The van der Waals surface area contributed by atoms with Gasteiger partial charge in [0.1, 0.15) is 0 Å². The van der Waals surface area contributed by atoms with Crippen molar-refractivity contribution in [3.63, 3.8) is 0 Å². The van der Waals surface area contributed by atoms with Gasteiger partial charge in [-0.25, -0.2) is 4.98 Å². The van der Waals surface area contributed by atoms with Crippen LogP contribution in [0.3, 0.4) is 0 Å². The molecule has 0 aliphatic carbocycles. The summed E-state index contributed by atoms with van der Waals surface area (Å²) in [6.45, 7) is 11.8. The molecule has 6 nitrogen and oxygen atoms in total. The summed E-state index contributed by atoms with van der Waals surface area (Å²) >= 11 is 0. The molecular weight excluding hydrogens is 268 g/mol. The molecule has 0 saturated carbocycles. The quantitative estimate of drug-likeness (QED) is 0.827. The predicted molar refractivity (Wildman–Crippen MR) is 83.9 cm³/mol. The number of nitrogens with one attached hydrogen (secondary N) is 1. The number of aryl methyl sites for hydroxylation is 1. The van der Waals surface area contributed by atoms with Crippen LogP contribution < -0.4 is 5.32 Å². The highest BCUT2D eigenvalue weighted by Gasteiger charge is 2.18. The molecule has 1 aromatic heterocycles. The lowest BCUT2D eigenvalue weighted by Crippen LogP contribution is -2.39. The van der Waals surface area contributed by atoms with Gasteiger partial charge in [0, 0.05) is 45.0 Å². The molecule has 1 fully saturated rings. The topological polar surface area (TPSA) is 51.5 Å². The zero-order valence-electron chi connectivity index (χ0n) is 13.6. The van der Waals surface area contributed by atoms with Crippen molar-refractivity contribution < 1.29 is 9.47 Å². The summed E-state index contributed by atoms with van der Waals surface area (Å²) in [7, 11) is 1.72. The van der Waals surface area contributed by atoms with Crippen LogP contribution in [0.5, 0.6) is 0 Å². The van der Waals surface area contributed by atoms with E-state index in [-0.39, 0.29) is 6.04 Å². The van der Waals surface area contributed by atoms with Crippen molar-refractivity contribution in [1.29, 1.82) is 0 Å². The van der Waals surface area contributed by atoms with Crippen molar-refractivity contribution in [1.82, 2.24) is 14.5 Å². The number of methoxy groups -OCH3 is 1. The second-order valence-corrected chi connectivity index (χ2v) is 5.88. The van der Waals surface area contributed by atoms with Crippen LogP contribution in [-0.4, -0.2) is 67.1 Å². The third-order valence-corrected chi connectivity index (χ3v) is 3.75. The molecule has 1 N–H and O–H groups in total. The van der Waals surface area contributed by atoms with E-state index in [4.69, 9.17) is 9.47 Å². The lowest BCUT2D eigenvalue weighted by Gasteiger charge is -2.30. The summed E-state index contributed by atoms with van der Waals surface area (Å²) < 4.78 is 12.8. The van der Waals surface area contributed by atoms with Crippen molar-refractivity contribution in [3.8, 4) is 0 Å². The zero-order valence-corrected chi connectivity index (χ0v) is 13.6. The first-order valence-corrected chi connectivity index (χ1v) is 7.71. The van der Waals surface area contributed by atoms with Gasteiger partial charge in [-0.1, -0.05) is 0 Å². The van der Waals surface area contributed by atoms with Crippen molar-refractivity contribution in [3.05, 3.63) is 11.9 Å². The molecule has 1 aliphatic rings. The second-order valence-electron chi connectivity index (χ2n) is 5.88. The van der Waals surface area contributed by atoms with Crippen LogP contribution in [-0.2, 0) is 9.47 Å². The predicted octanol–water partition coefficient (Wildman–Crippen LogP) is 1.53. The van der Waals surface area contributed by atoms with E-state index < -0.39 is 0 Å². The standard InChI is InChI=1S/C15H28N4O2/c1-12-9-19(15(16-12)17-13(2)11-20-4)14(3)10-18-5-7-21-8-6-18/h9,13-14H,5-8,10-11H2,1-4H3,(H,16,17). The molecular formula is C15H28N4O2. The monoisotopic (exact) mass is 296 g/mol. The van der Waals surface area contributed by atoms with Crippen LogP contribution in [0.15, 0.2) is 6.20 Å². The Morgan fingerprint density at radius 3 is 2.76 bits per heavy atom. The Labute approximate surface area is 127 Å². The van der Waals surface area contributed by atoms with E-state index in [1.807, 2.05) is 6.92 Å². The van der Waals surface area contributed by atoms with E-state index in [1.54, 1.807) is 7.11 Å². The number of anilines is 1. The minimum absolute atomic E-state index is 0.242. The molecule has 1 aliphatic heterocycles. The van der Waals surface area contributed by atoms with Crippen LogP contribution in [0, 0.1) is 6.92 Å². The van der Waals surface area contributed by atoms with Crippen LogP contribution in [0.4, 0.5) is 5.95 Å². The number of hydrogen-bond acceptors (Lipinski definition) is 5. The number of aromatic nitrogens is 2. The van der Waals surface area contributed by atoms with Gasteiger partial charge in [0.05, 0.1) is 25.5 Å². The molecule has 0 amide bonds. The third kappa shape index (κ3) is 4.69. The largest absolute Gasteiger partial charge is 0.383 e. The van der Waals surface area contributed by atoms with Crippen molar-refractivity contribution in [2.75, 3.05) is 51.9 Å². The zero-order chi connectivity index (χ0) is 15.2. The van der Waals surface area contributed by atoms with Gasteiger partial charge in [0.2, 0.25) is 5.95 Å². The Morgan fingerprint density at radius 2 is 2.10 bits per heavy atom. The van der Waals surface area contributed by atoms with E-state index in [0.29, 0.717) is 12.6 Å². The van der Waals surface area contributed by atoms with Gasteiger partial charge in [0.15, 0.2) is 0 Å². The maximum Gasteiger partial charge on any atom is 0.203 e. The second kappa shape index (κ2) is 7.77. The number of rotatable bonds is 7. The van der Waals surface area contributed by atoms with Crippen molar-refractivity contribution in [2.24, 2.45) is 0 Å². The van der Waals surface area contributed by atoms with Gasteiger partial charge in [0.25, 0.3) is 0 Å². The smallest absolute Gasteiger partial charge is 0.203 e. The number of imidazole rings is 1. The first-order valence-electron chi connectivity index (χ1n) is 7.71. The normalized spacial score (nSPS) is 19.4. The Kier molecular flexibility index (Phi) is 6.02. The molecule has 2 rings (SSSR count). The summed E-state index contributed by atoms with van der Waals surface area (Å²) in [6, 6.07) is 0.618. The average Bonchev–Trinajstić information content (AvgIpc) is 2.81. The van der Waals surface area contributed by atoms with E-state index in [0.717, 1.165) is 44.5 Å². The first-order chi connectivity index (χ1) is 10.1. The fourth-order valence-corrected chi connectivity index (χ4v) is 2.72. The van der Waals surface area contributed by atoms with E-state index in [2.05, 4.69) is 39.8 Å². The number of nitrogens with zero attached hydrogens (tertiary/aromatic N) is 3. The maximum absolute atomic E-state index is 5.41. The SMILES string of the molecule is COCC(C)Nc1nc(C)cn1C(C)CN1CCOCC1. The fourth-order valence-electron chi connectivity index (χ4n) is 2.72. The van der Waals surface area contributed by atoms with Gasteiger partial charge < -0.3 is 19.4 Å². The van der Waals surface area contributed by atoms with Gasteiger partial charge in [-0.2, -0.15) is 0 Å². The highest BCUT2D eigenvalue weighted by Crippen LogP contribution is 2.18. The molecule has 2 heterocycles. The van der Waals surface area contributed by atoms with Gasteiger partial charge in [-0.15, -0.1) is 0 Å². The van der Waals surface area contributed by atoms with Gasteiger partial charge in [-0.3, -0.25) is 4.90 Å². The molecule has 6 heteroatoms. The molecule has 0 bridgehead atoms. The average molecular weight is 296 g/mol. The fraction of sp³-hybridized carbons (Fsp3) is 0.800. The van der Waals surface area contributed by atoms with E-state index >= 15 is 0 Å². The molecule has 2 unspecified atom stereocenters. The summed E-state index contributed by atoms with van der Waals surface area (Å²) in [5.74, 6) is 0.929. The molecule has 1 saturated heterocycles. The Bertz CT molecular complexity index is 429. The molecule has 0 spiro atoms. The Balaban J connectivity index is 2.00. The van der Waals surface area contributed by atoms with Crippen molar-refractivity contribution >= 4 is 5.95 Å². The molecule has 2 atom stereocenters. The Morgan fingerprint density at radius 1 is 1.38 bits per heavy atom. The molecule has 120 valence electrons. The maximum atomic E-state index is 5.41. The molecule has 0 radical (unpaired) electrons. The highest BCUT2D eigenvalue weighted by molar-refractivity contribution is 5.30. The lowest BCUT2D eigenvalue weighted by molar-refractivity contribution is 0.0326. The summed E-state index contributed by atoms with van der Waals surface area (Å²) in [5, 5.41) is 3.43. The van der Waals surface area contributed by atoms with Crippen LogP contribution in [0.1, 0.15) is 25.6 Å². The first kappa shape index (κ1) is 16.3. The van der Waals surface area contributed by atoms with Gasteiger partial charge >= 0.3 is 0 Å². The lowest BCUT2D eigenvalue weighted by atomic mass is 10.3. The molecule has 21 heavy (non-hydrogen) atoms. The number of morpholine rings is 1. The Hall–Kier alpha value is -1.11. The number of ether oxygens (including phenoxy) is 2. The highest BCUT2D eigenvalue weighted by atomic mass is 16.5.